The van der Waals surface area contributed by atoms with Crippen molar-refractivity contribution in [3.05, 3.63) is 54.1 Å². The van der Waals surface area contributed by atoms with Gasteiger partial charge in [0.15, 0.2) is 0 Å². The van der Waals surface area contributed by atoms with Crippen LogP contribution in [-0.4, -0.2) is 58.3 Å². The largest absolute Gasteiger partial charge is 0.390 e. The Hall–Kier alpha value is -2.90. The molecule has 140 valence electrons. The maximum absolute atomic E-state index is 12.6. The minimum atomic E-state index is -0.206. The van der Waals surface area contributed by atoms with E-state index in [9.17, 15) is 9.90 Å². The van der Waals surface area contributed by atoms with Crippen molar-refractivity contribution in [1.29, 1.82) is 0 Å². The van der Waals surface area contributed by atoms with Crippen LogP contribution in [0.1, 0.15) is 10.4 Å². The van der Waals surface area contributed by atoms with Crippen molar-refractivity contribution in [2.75, 3.05) is 37.3 Å². The molecule has 3 N–H and O–H groups in total. The number of hydrogen-bond donors (Lipinski definition) is 2. The summed E-state index contributed by atoms with van der Waals surface area (Å²) in [7, 11) is 1.76. The van der Waals surface area contributed by atoms with Gasteiger partial charge in [-0.1, -0.05) is 18.2 Å². The smallest absolute Gasteiger partial charge is 0.258 e. The molecule has 1 fully saturated rings. The first-order valence-electron chi connectivity index (χ1n) is 9.02. The van der Waals surface area contributed by atoms with E-state index in [-0.39, 0.29) is 12.0 Å². The van der Waals surface area contributed by atoms with E-state index >= 15 is 0 Å². The van der Waals surface area contributed by atoms with Crippen LogP contribution in [0.15, 0.2) is 48.5 Å². The summed E-state index contributed by atoms with van der Waals surface area (Å²) < 4.78 is 1.98. The summed E-state index contributed by atoms with van der Waals surface area (Å²) in [5, 5.41) is 9.39. The van der Waals surface area contributed by atoms with Crippen LogP contribution in [0.4, 0.5) is 11.6 Å². The molecule has 1 saturated heterocycles. The third-order valence-electron chi connectivity index (χ3n) is 5.05. The first kappa shape index (κ1) is 17.5. The minimum Gasteiger partial charge on any atom is -0.390 e. The fourth-order valence-corrected chi connectivity index (χ4v) is 3.44. The Bertz CT molecular complexity index is 963. The van der Waals surface area contributed by atoms with Gasteiger partial charge < -0.3 is 20.3 Å². The number of fused-ring (bicyclic) bond motifs is 1. The molecular formula is C20H23N5O2. The molecule has 0 bridgehead atoms. The number of aromatic nitrogens is 2. The number of aliphatic hydroxyl groups excluding tert-OH is 1. The number of benzene rings is 2. The van der Waals surface area contributed by atoms with Gasteiger partial charge in [-0.05, 0) is 30.3 Å². The summed E-state index contributed by atoms with van der Waals surface area (Å²) in [5.74, 6) is 0.388. The summed E-state index contributed by atoms with van der Waals surface area (Å²) in [5.41, 5.74) is 9.23. The number of anilines is 2. The molecule has 3 aromatic rings. The molecular weight excluding hydrogens is 342 g/mol. The maximum atomic E-state index is 12.6. The Kier molecular flexibility index (Phi) is 4.55. The van der Waals surface area contributed by atoms with Crippen LogP contribution in [0, 0.1) is 0 Å². The molecule has 2 heterocycles. The number of nitrogens with two attached hydrogens (primary N) is 1. The molecule has 1 aliphatic heterocycles. The summed E-state index contributed by atoms with van der Waals surface area (Å²) in [6.45, 7) is 2.96. The van der Waals surface area contributed by atoms with Crippen LogP contribution in [0.3, 0.4) is 0 Å². The summed E-state index contributed by atoms with van der Waals surface area (Å²) in [4.78, 5) is 20.9. The minimum absolute atomic E-state index is 0.0707. The highest BCUT2D eigenvalue weighted by Gasteiger charge is 2.24. The fourth-order valence-electron chi connectivity index (χ4n) is 3.44. The number of carbonyl (C=O) groups excluding carboxylic acids is 1. The summed E-state index contributed by atoms with van der Waals surface area (Å²) >= 11 is 0. The second kappa shape index (κ2) is 7.02. The molecule has 0 unspecified atom stereocenters. The van der Waals surface area contributed by atoms with Gasteiger partial charge in [-0.25, -0.2) is 4.98 Å². The van der Waals surface area contributed by atoms with E-state index in [0.717, 1.165) is 23.3 Å². The number of likely N-dealkylation sites (tertiary alicyclic amines) is 1. The number of aliphatic hydroxyl groups is 1. The molecule has 0 aliphatic carbocycles. The SMILES string of the molecule is CN(C(=O)c1ccccc1)c1ccc2c(c1)nc(N)n2CCN1CC(O)C1. The van der Waals surface area contributed by atoms with Crippen molar-refractivity contribution in [3.63, 3.8) is 0 Å². The molecule has 1 amide bonds. The van der Waals surface area contributed by atoms with Crippen molar-refractivity contribution in [2.45, 2.75) is 12.6 Å². The van der Waals surface area contributed by atoms with Crippen LogP contribution < -0.4 is 10.6 Å². The number of amides is 1. The molecule has 7 nitrogen and oxygen atoms in total. The van der Waals surface area contributed by atoms with Crippen LogP contribution in [0.25, 0.3) is 11.0 Å². The molecule has 1 aromatic heterocycles. The Morgan fingerprint density at radius 2 is 1.96 bits per heavy atom. The zero-order valence-corrected chi connectivity index (χ0v) is 15.2. The van der Waals surface area contributed by atoms with E-state index in [1.807, 2.05) is 41.0 Å². The lowest BCUT2D eigenvalue weighted by Crippen LogP contribution is -2.51. The number of nitrogens with zero attached hydrogens (tertiary/aromatic N) is 4. The highest BCUT2D eigenvalue weighted by atomic mass is 16.3. The van der Waals surface area contributed by atoms with Crippen LogP contribution >= 0.6 is 0 Å². The monoisotopic (exact) mass is 365 g/mol. The zero-order valence-electron chi connectivity index (χ0n) is 15.2. The lowest BCUT2D eigenvalue weighted by molar-refractivity contribution is 0.000785. The number of hydrogen-bond acceptors (Lipinski definition) is 5. The van der Waals surface area contributed by atoms with E-state index in [1.165, 1.54) is 0 Å². The molecule has 0 spiro atoms. The predicted molar refractivity (Wildman–Crippen MR) is 106 cm³/mol. The van der Waals surface area contributed by atoms with E-state index in [1.54, 1.807) is 24.1 Å². The van der Waals surface area contributed by atoms with Gasteiger partial charge in [0.05, 0.1) is 17.1 Å². The number of rotatable bonds is 5. The molecule has 0 atom stereocenters. The lowest BCUT2D eigenvalue weighted by Gasteiger charge is -2.35. The first-order chi connectivity index (χ1) is 13.0. The van der Waals surface area contributed by atoms with Crippen molar-refractivity contribution >= 4 is 28.6 Å². The van der Waals surface area contributed by atoms with Gasteiger partial charge in [-0.3, -0.25) is 9.69 Å². The predicted octanol–water partition coefficient (Wildman–Crippen LogP) is 1.57. The van der Waals surface area contributed by atoms with Gasteiger partial charge >= 0.3 is 0 Å². The zero-order chi connectivity index (χ0) is 19.0. The van der Waals surface area contributed by atoms with Crippen LogP contribution in [0.5, 0.6) is 0 Å². The van der Waals surface area contributed by atoms with Crippen molar-refractivity contribution in [1.82, 2.24) is 14.5 Å². The van der Waals surface area contributed by atoms with E-state index in [0.29, 0.717) is 31.1 Å². The van der Waals surface area contributed by atoms with E-state index in [2.05, 4.69) is 9.88 Å². The van der Waals surface area contributed by atoms with Gasteiger partial charge in [0.2, 0.25) is 5.95 Å². The van der Waals surface area contributed by atoms with E-state index in [4.69, 9.17) is 5.73 Å². The lowest BCUT2D eigenvalue weighted by atomic mass is 10.2. The van der Waals surface area contributed by atoms with Crippen LogP contribution in [-0.2, 0) is 6.54 Å². The Labute approximate surface area is 157 Å². The summed E-state index contributed by atoms with van der Waals surface area (Å²) in [6, 6.07) is 14.9. The molecule has 2 aromatic carbocycles. The Morgan fingerprint density at radius 1 is 1.22 bits per heavy atom. The van der Waals surface area contributed by atoms with Gasteiger partial charge in [0.25, 0.3) is 5.91 Å². The summed E-state index contributed by atoms with van der Waals surface area (Å²) in [6.07, 6.45) is -0.206. The Morgan fingerprint density at radius 3 is 2.67 bits per heavy atom. The molecule has 0 saturated carbocycles. The number of imidazole rings is 1. The average Bonchev–Trinajstić information content (AvgIpc) is 2.98. The fraction of sp³-hybridized carbons (Fsp3) is 0.300. The Balaban J connectivity index is 1.55. The third kappa shape index (κ3) is 3.39. The number of carbonyl (C=O) groups is 1. The topological polar surface area (TPSA) is 87.6 Å². The molecule has 7 heteroatoms. The molecule has 0 radical (unpaired) electrons. The molecule has 1 aliphatic rings. The second-order valence-electron chi connectivity index (χ2n) is 6.94. The van der Waals surface area contributed by atoms with Crippen LogP contribution in [0.2, 0.25) is 0 Å². The maximum Gasteiger partial charge on any atom is 0.258 e. The van der Waals surface area contributed by atoms with Crippen molar-refractivity contribution in [3.8, 4) is 0 Å². The molecule has 27 heavy (non-hydrogen) atoms. The van der Waals surface area contributed by atoms with Gasteiger partial charge in [0.1, 0.15) is 0 Å². The quantitative estimate of drug-likeness (QED) is 0.717. The first-order valence-corrected chi connectivity index (χ1v) is 9.02. The van der Waals surface area contributed by atoms with E-state index < -0.39 is 0 Å². The van der Waals surface area contributed by atoms with Crippen molar-refractivity contribution in [2.24, 2.45) is 0 Å². The number of nitrogen functional groups attached to an aromatic ring is 1. The highest BCUT2D eigenvalue weighted by Crippen LogP contribution is 2.25. The number of β-amino-alcohol motifs (C(OH)–C–C–N with tert-alkyl or cyclic N) is 1. The van der Waals surface area contributed by atoms with Gasteiger partial charge in [0, 0.05) is 44.5 Å². The van der Waals surface area contributed by atoms with Gasteiger partial charge in [-0.15, -0.1) is 0 Å². The second-order valence-corrected chi connectivity index (χ2v) is 6.94. The van der Waals surface area contributed by atoms with Crippen molar-refractivity contribution < 1.29 is 9.90 Å². The van der Waals surface area contributed by atoms with Gasteiger partial charge in [-0.2, -0.15) is 0 Å². The third-order valence-corrected chi connectivity index (χ3v) is 5.05. The molecule has 4 rings (SSSR count). The average molecular weight is 365 g/mol. The standard InChI is InChI=1S/C20H23N5O2/c1-23(19(27)14-5-3-2-4-6-14)15-7-8-18-17(11-15)22-20(21)25(18)10-9-24-12-16(26)13-24/h2-8,11,16,26H,9-10,12-13H2,1H3,(H2,21,22). The normalized spacial score (nSPS) is 15.0. The highest BCUT2D eigenvalue weighted by molar-refractivity contribution is 6.06.